The van der Waals surface area contributed by atoms with Crippen LogP contribution in [0.25, 0.3) is 6.08 Å². The number of carbonyl (C=O) groups is 1. The van der Waals surface area contributed by atoms with Crippen molar-refractivity contribution in [3.63, 3.8) is 0 Å². The molecular weight excluding hydrogens is 2440 g/mol. The number of oxime groups is 4. The van der Waals surface area contributed by atoms with Crippen molar-refractivity contribution in [2.75, 3.05) is 42.3 Å². The summed E-state index contributed by atoms with van der Waals surface area (Å²) >= 11 is 22.1. The molecular formula is C99H140Br7FN11NaO19S6. The van der Waals surface area contributed by atoms with E-state index < -0.39 is 66.0 Å². The minimum Gasteiger partial charge on any atom is -0.662 e. The third-order valence-electron chi connectivity index (χ3n) is 25.9. The number of hydrogen-bond donors (Lipinski definition) is 8. The van der Waals surface area contributed by atoms with Crippen molar-refractivity contribution < 1.29 is 119 Å². The maximum absolute atomic E-state index is 12.7. The monoisotopic (exact) mass is 2570 g/mol. The molecule has 6 aliphatic carbocycles. The summed E-state index contributed by atoms with van der Waals surface area (Å²) in [5.74, 6) is 3.01. The number of halogens is 8. The van der Waals surface area contributed by atoms with E-state index in [0.717, 1.165) is 90.6 Å². The summed E-state index contributed by atoms with van der Waals surface area (Å²) in [5.41, 5.74) is 15.4. The number of hydrogen-bond acceptors (Lipinski definition) is 24. The van der Waals surface area contributed by atoms with Crippen LogP contribution in [0.1, 0.15) is 287 Å². The van der Waals surface area contributed by atoms with Crippen LogP contribution < -0.4 is 68.9 Å². The summed E-state index contributed by atoms with van der Waals surface area (Å²) in [6.45, 7) is 8.89. The Hall–Kier alpha value is -4.18. The van der Waals surface area contributed by atoms with Crippen molar-refractivity contribution >= 4 is 202 Å². The van der Waals surface area contributed by atoms with Crippen molar-refractivity contribution in [2.24, 2.45) is 55.9 Å². The van der Waals surface area contributed by atoms with Crippen LogP contribution in [0, 0.1) is 35.4 Å². The molecule has 6 fully saturated rings. The Labute approximate surface area is 935 Å². The van der Waals surface area contributed by atoms with Gasteiger partial charge in [0.25, 0.3) is 6.47 Å². The number of nitrogens with zero attached hydrogens (tertiary/aromatic N) is 4. The number of sulfonamides is 6. The van der Waals surface area contributed by atoms with Gasteiger partial charge < -0.3 is 35.6 Å². The van der Waals surface area contributed by atoms with Crippen LogP contribution in [0.3, 0.4) is 0 Å². The first-order valence-electron chi connectivity index (χ1n) is 48.3. The third-order valence-corrected chi connectivity index (χ3v) is 37.5. The molecule has 1 unspecified atom stereocenters. The molecule has 6 saturated carbocycles. The van der Waals surface area contributed by atoms with Gasteiger partial charge in [-0.25, -0.2) is 83.2 Å². The van der Waals surface area contributed by atoms with Gasteiger partial charge in [0, 0.05) is 46.5 Å². The Morgan fingerprint density at radius 1 is 0.410 bits per heavy atom. The number of benzene rings is 6. The van der Waals surface area contributed by atoms with Crippen LogP contribution in [0.4, 0.5) is 4.39 Å². The summed E-state index contributed by atoms with van der Waals surface area (Å²) in [6.07, 6.45) is 48.9. The van der Waals surface area contributed by atoms with E-state index in [1.807, 2.05) is 37.3 Å². The molecule has 30 nitrogen and oxygen atoms in total. The fraction of sp³-hybridized carbons (Fsp3) is 0.545. The normalized spacial score (nSPS) is 18.6. The molecule has 15 rings (SSSR count). The van der Waals surface area contributed by atoms with E-state index in [1.54, 1.807) is 72.8 Å². The van der Waals surface area contributed by atoms with E-state index in [4.69, 9.17) is 35.5 Å². The Morgan fingerprint density at radius 3 is 0.847 bits per heavy atom. The predicted molar refractivity (Wildman–Crippen MR) is 589 cm³/mol. The minimum absolute atomic E-state index is 0. The van der Waals surface area contributed by atoms with Gasteiger partial charge in [-0.3, -0.25) is 4.79 Å². The van der Waals surface area contributed by atoms with Crippen molar-refractivity contribution in [2.45, 2.75) is 305 Å². The molecule has 3 heterocycles. The molecule has 0 aromatic heterocycles. The van der Waals surface area contributed by atoms with Gasteiger partial charge >= 0.3 is 29.6 Å². The fourth-order valence-electron chi connectivity index (χ4n) is 18.2. The van der Waals surface area contributed by atoms with Gasteiger partial charge in [0.1, 0.15) is 19.7 Å². The Morgan fingerprint density at radius 2 is 0.632 bits per heavy atom. The average molecular weight is 2580 g/mol. The molecule has 0 amide bonds. The zero-order valence-corrected chi connectivity index (χ0v) is 101. The predicted octanol–water partition coefficient (Wildman–Crippen LogP) is 19.4. The number of rotatable bonds is 27. The Balaban J connectivity index is 0.000000295. The summed E-state index contributed by atoms with van der Waals surface area (Å²) in [6, 6.07) is 30.9. The summed E-state index contributed by atoms with van der Waals surface area (Å²) in [7, 11) is -12.2. The van der Waals surface area contributed by atoms with Crippen LogP contribution in [0.15, 0.2) is 187 Å². The molecule has 3 aliphatic heterocycles. The van der Waals surface area contributed by atoms with Crippen LogP contribution in [0.2, 0.25) is 0 Å². The van der Waals surface area contributed by atoms with Crippen LogP contribution in [-0.4, -0.2) is 128 Å². The molecule has 9 aliphatic rings. The minimum atomic E-state index is -3.48. The van der Waals surface area contributed by atoms with Gasteiger partial charge in [0.05, 0.1) is 33.8 Å². The number of nitrogens with two attached hydrogens (primary N) is 1. The SMILES string of the molecule is C=CC.C=Cc1cc(S(=O)(=O)NC)ccc1CC1CCCCC1.CNS(=O)(=O)c1ccc(CC2CCCCC2)c(Br)c1.CNS(=O)(=O)c1ccc(CC2CCCCC2)c(C2CC(Br)=NO2)c1.CNS(=O)(=O)c1ccc(CC2CCCCC2)c([C@@H]2CC(Br)=NO2)c1.CNS(=O)(=O)c1ccc(CC2CCCCC2)c([C@H]2CC(Br)=NO2)c1.CNS(=O)(=O)c1ccc(F)c(Br)c1.NC1CCCCC1.O=CO[O-].ON=C(Br)Br.[Na+]. The van der Waals surface area contributed by atoms with Gasteiger partial charge in [0.2, 0.25) is 60.1 Å². The maximum atomic E-state index is 12.7. The molecule has 45 heteroatoms. The quantitative estimate of drug-likeness (QED) is 0.00451. The molecule has 6 aromatic rings. The van der Waals surface area contributed by atoms with Gasteiger partial charge in [-0.2, -0.15) is 0 Å². The first-order chi connectivity index (χ1) is 68.0. The molecule has 0 radical (unpaired) electrons. The maximum Gasteiger partial charge on any atom is 1.00 e. The standard InChI is InChI=1S/3C17H23BrN2O3S.C16H23NO2S.C14H20BrNO2S.C7H7BrFNO2S.C6H13N.C3H6.CHBr2NO.CH2O3.Na/c3*1-19-24(21,22)14-8-7-13(9-12-5-3-2-4-6-12)15(10-14)16-11-17(18)20-23-16;1-3-14-12-16(20(18,19)17-2)10-9-15(14)11-13-7-5-4-6-8-13;1-16-19(17,18)13-8-7-12(14(15)10-13)9-11-5-3-2-4-6-11;1-10-13(11,12)5-2-3-7(9)6(8)4-5;7-6-4-2-1-3-5-6;1-3-2;2-1(3)4-5;2-1-4-3;/h3*7-8,10,12,16,19H,2-6,9,11H2,1H3;3,9-10,12-13,17H,1,4-8,11H2,2H3;7-8,10-11,16H,2-6,9H2,1H3;2-4,10H,1H3;6H,1-5,7H2;3H,1H2,2H3;5H;1,3H;/q;;;;;;;;;;+1/p-1/t2*16-;;;;;;;;;/m10........./s1. The zero-order chi connectivity index (χ0) is 106. The summed E-state index contributed by atoms with van der Waals surface area (Å²) in [5, 5.41) is 30.6. The molecule has 3 atom stereocenters. The van der Waals surface area contributed by atoms with Crippen LogP contribution in [0.5, 0.6) is 0 Å². The molecule has 0 spiro atoms. The molecule has 0 saturated heterocycles. The molecule has 9 N–H and O–H groups in total. The number of carbonyl (C=O) groups excluding carboxylic acids is 1. The molecule has 6 aromatic carbocycles. The summed E-state index contributed by atoms with van der Waals surface area (Å²) in [4.78, 5) is 29.3. The molecule has 798 valence electrons. The van der Waals surface area contributed by atoms with Crippen LogP contribution >= 0.6 is 112 Å². The first-order valence-corrected chi connectivity index (χ1v) is 62.7. The van der Waals surface area contributed by atoms with E-state index in [1.165, 1.54) is 275 Å². The first kappa shape index (κ1) is 130. The third kappa shape index (κ3) is 44.9. The van der Waals surface area contributed by atoms with Crippen molar-refractivity contribution in [3.8, 4) is 0 Å². The smallest absolute Gasteiger partial charge is 0.662 e. The molecule has 0 bridgehead atoms. The van der Waals surface area contributed by atoms with E-state index in [9.17, 15) is 54.9 Å². The van der Waals surface area contributed by atoms with Crippen molar-refractivity contribution in [3.05, 3.63) is 193 Å². The van der Waals surface area contributed by atoms with Gasteiger partial charge in [0.15, 0.2) is 21.8 Å². The van der Waals surface area contributed by atoms with Gasteiger partial charge in [-0.05, 0) is 332 Å². The van der Waals surface area contributed by atoms with E-state index >= 15 is 0 Å². The van der Waals surface area contributed by atoms with Gasteiger partial charge in [-0.15, -0.1) is 6.58 Å². The largest absolute Gasteiger partial charge is 1.00 e. The van der Waals surface area contributed by atoms with E-state index in [-0.39, 0.29) is 78.4 Å². The van der Waals surface area contributed by atoms with Gasteiger partial charge in [-0.1, -0.05) is 265 Å². The van der Waals surface area contributed by atoms with E-state index in [2.05, 4.69) is 179 Å². The van der Waals surface area contributed by atoms with E-state index in [0.29, 0.717) is 56.4 Å². The molecule has 144 heavy (non-hydrogen) atoms. The second kappa shape index (κ2) is 67.4. The zero-order valence-electron chi connectivity index (χ0n) is 83.2. The summed E-state index contributed by atoms with van der Waals surface area (Å²) < 4.78 is 173. The number of nitrogens with one attached hydrogen (secondary N) is 6. The Kier molecular flexibility index (Phi) is 61.0. The number of allylic oxidation sites excluding steroid dienone is 1. The van der Waals surface area contributed by atoms with Crippen molar-refractivity contribution in [1.82, 2.24) is 28.3 Å². The average Bonchev–Trinajstić information content (AvgIpc) is 1.47. The van der Waals surface area contributed by atoms with Crippen LogP contribution in [-0.2, 0) is 116 Å². The second-order valence-electron chi connectivity index (χ2n) is 35.9. The topological polar surface area (TPSA) is 450 Å². The Bertz CT molecular complexity index is 5600. The van der Waals surface area contributed by atoms with Crippen molar-refractivity contribution in [1.29, 1.82) is 0 Å². The fourth-order valence-corrected chi connectivity index (χ4v) is 25.1. The second-order valence-corrected chi connectivity index (χ2v) is 54.2.